The van der Waals surface area contributed by atoms with Gasteiger partial charge in [-0.3, -0.25) is 4.79 Å². The average molecular weight is 340 g/mol. The SMILES string of the molecule is COc1ccc(NC(=O)COc2ccc(F)cc2Cl)cc1OC. The summed E-state index contributed by atoms with van der Waals surface area (Å²) >= 11 is 5.82. The van der Waals surface area contributed by atoms with Crippen molar-refractivity contribution in [1.29, 1.82) is 0 Å². The van der Waals surface area contributed by atoms with Crippen LogP contribution in [0.4, 0.5) is 10.1 Å². The lowest BCUT2D eigenvalue weighted by Gasteiger charge is -2.11. The second-order valence-electron chi connectivity index (χ2n) is 4.48. The van der Waals surface area contributed by atoms with Gasteiger partial charge in [0.2, 0.25) is 0 Å². The number of carbonyl (C=O) groups is 1. The molecular formula is C16H15ClFNO4. The quantitative estimate of drug-likeness (QED) is 0.875. The maximum atomic E-state index is 12.9. The monoisotopic (exact) mass is 339 g/mol. The van der Waals surface area contributed by atoms with Crippen molar-refractivity contribution in [2.45, 2.75) is 0 Å². The third kappa shape index (κ3) is 4.50. The molecule has 0 aliphatic rings. The molecule has 122 valence electrons. The number of hydrogen-bond donors (Lipinski definition) is 1. The van der Waals surface area contributed by atoms with Gasteiger partial charge in [0, 0.05) is 11.8 Å². The predicted octanol–water partition coefficient (Wildman–Crippen LogP) is 3.51. The molecule has 0 bridgehead atoms. The van der Waals surface area contributed by atoms with Crippen LogP contribution in [-0.4, -0.2) is 26.7 Å². The Balaban J connectivity index is 1.97. The molecule has 1 amide bonds. The van der Waals surface area contributed by atoms with E-state index in [-0.39, 0.29) is 17.4 Å². The molecule has 23 heavy (non-hydrogen) atoms. The van der Waals surface area contributed by atoms with E-state index in [1.165, 1.54) is 26.4 Å². The number of rotatable bonds is 6. The van der Waals surface area contributed by atoms with E-state index in [0.717, 1.165) is 6.07 Å². The van der Waals surface area contributed by atoms with Crippen molar-refractivity contribution in [3.8, 4) is 17.2 Å². The van der Waals surface area contributed by atoms with Crippen molar-refractivity contribution in [1.82, 2.24) is 0 Å². The highest BCUT2D eigenvalue weighted by atomic mass is 35.5. The minimum atomic E-state index is -0.475. The molecular weight excluding hydrogens is 325 g/mol. The Labute approximate surface area is 137 Å². The van der Waals surface area contributed by atoms with E-state index in [1.807, 2.05) is 0 Å². The Kier molecular flexibility index (Phi) is 5.65. The maximum absolute atomic E-state index is 12.9. The summed E-state index contributed by atoms with van der Waals surface area (Å²) in [6.45, 7) is -0.264. The van der Waals surface area contributed by atoms with Crippen LogP contribution in [0.1, 0.15) is 0 Å². The van der Waals surface area contributed by atoms with Crippen LogP contribution in [0.25, 0.3) is 0 Å². The molecule has 2 aromatic rings. The molecule has 0 aromatic heterocycles. The highest BCUT2D eigenvalue weighted by Gasteiger charge is 2.09. The lowest BCUT2D eigenvalue weighted by Crippen LogP contribution is -2.20. The van der Waals surface area contributed by atoms with Crippen LogP contribution in [0.3, 0.4) is 0 Å². The number of hydrogen-bond acceptors (Lipinski definition) is 4. The van der Waals surface area contributed by atoms with E-state index >= 15 is 0 Å². The Morgan fingerprint density at radius 3 is 2.43 bits per heavy atom. The fraction of sp³-hybridized carbons (Fsp3) is 0.188. The molecule has 0 aliphatic carbocycles. The lowest BCUT2D eigenvalue weighted by molar-refractivity contribution is -0.118. The molecule has 0 heterocycles. The van der Waals surface area contributed by atoms with Gasteiger partial charge < -0.3 is 19.5 Å². The van der Waals surface area contributed by atoms with Crippen LogP contribution in [0, 0.1) is 5.82 Å². The van der Waals surface area contributed by atoms with E-state index in [4.69, 9.17) is 25.8 Å². The number of anilines is 1. The summed E-state index contributed by atoms with van der Waals surface area (Å²) in [7, 11) is 3.03. The summed E-state index contributed by atoms with van der Waals surface area (Å²) in [5.74, 6) is 0.415. The Morgan fingerprint density at radius 2 is 1.78 bits per heavy atom. The van der Waals surface area contributed by atoms with Gasteiger partial charge in [-0.2, -0.15) is 0 Å². The standard InChI is InChI=1S/C16H15ClFNO4/c1-21-14-6-4-11(8-15(14)22-2)19-16(20)9-23-13-5-3-10(18)7-12(13)17/h3-8H,9H2,1-2H3,(H,19,20). The largest absolute Gasteiger partial charge is 0.493 e. The lowest BCUT2D eigenvalue weighted by atomic mass is 10.2. The van der Waals surface area contributed by atoms with Crippen LogP contribution in [0.5, 0.6) is 17.2 Å². The predicted molar refractivity (Wildman–Crippen MR) is 85.1 cm³/mol. The van der Waals surface area contributed by atoms with Gasteiger partial charge >= 0.3 is 0 Å². The van der Waals surface area contributed by atoms with E-state index in [2.05, 4.69) is 5.32 Å². The second kappa shape index (κ2) is 7.69. The van der Waals surface area contributed by atoms with Crippen LogP contribution >= 0.6 is 11.6 Å². The first-order valence-corrected chi connectivity index (χ1v) is 7.01. The van der Waals surface area contributed by atoms with Crippen molar-refractivity contribution in [2.75, 3.05) is 26.1 Å². The van der Waals surface area contributed by atoms with Crippen LogP contribution in [0.15, 0.2) is 36.4 Å². The number of carbonyl (C=O) groups excluding carboxylic acids is 1. The van der Waals surface area contributed by atoms with Gasteiger partial charge in [0.15, 0.2) is 18.1 Å². The molecule has 0 saturated carbocycles. The van der Waals surface area contributed by atoms with Crippen molar-refractivity contribution < 1.29 is 23.4 Å². The van der Waals surface area contributed by atoms with E-state index in [0.29, 0.717) is 17.2 Å². The summed E-state index contributed by atoms with van der Waals surface area (Å²) in [5.41, 5.74) is 0.529. The number of halogens is 2. The molecule has 0 unspecified atom stereocenters. The summed E-state index contributed by atoms with van der Waals surface area (Å²) in [6, 6.07) is 8.65. The van der Waals surface area contributed by atoms with Crippen molar-refractivity contribution in [3.63, 3.8) is 0 Å². The second-order valence-corrected chi connectivity index (χ2v) is 4.89. The summed E-state index contributed by atoms with van der Waals surface area (Å²) in [4.78, 5) is 11.9. The third-order valence-corrected chi connectivity index (χ3v) is 3.22. The number of methoxy groups -OCH3 is 2. The van der Waals surface area contributed by atoms with E-state index in [9.17, 15) is 9.18 Å². The van der Waals surface area contributed by atoms with Gasteiger partial charge in [0.25, 0.3) is 5.91 Å². The van der Waals surface area contributed by atoms with E-state index < -0.39 is 11.7 Å². The third-order valence-electron chi connectivity index (χ3n) is 2.92. The molecule has 5 nitrogen and oxygen atoms in total. The number of ether oxygens (including phenoxy) is 3. The average Bonchev–Trinajstić information content (AvgIpc) is 2.54. The smallest absolute Gasteiger partial charge is 0.262 e. The highest BCUT2D eigenvalue weighted by molar-refractivity contribution is 6.32. The molecule has 0 aliphatic heterocycles. The first-order chi connectivity index (χ1) is 11.0. The molecule has 0 radical (unpaired) electrons. The Hall–Kier alpha value is -2.47. The van der Waals surface area contributed by atoms with Crippen LogP contribution in [-0.2, 0) is 4.79 Å². The summed E-state index contributed by atoms with van der Waals surface area (Å²) < 4.78 is 28.5. The first-order valence-electron chi connectivity index (χ1n) is 6.63. The zero-order chi connectivity index (χ0) is 16.8. The van der Waals surface area contributed by atoms with Gasteiger partial charge in [-0.25, -0.2) is 4.39 Å². The van der Waals surface area contributed by atoms with Gasteiger partial charge in [-0.05, 0) is 30.3 Å². The van der Waals surface area contributed by atoms with Crippen LogP contribution in [0.2, 0.25) is 5.02 Å². The molecule has 1 N–H and O–H groups in total. The zero-order valence-corrected chi connectivity index (χ0v) is 13.3. The van der Waals surface area contributed by atoms with Gasteiger partial charge in [0.1, 0.15) is 11.6 Å². The number of benzene rings is 2. The zero-order valence-electron chi connectivity index (χ0n) is 12.6. The van der Waals surface area contributed by atoms with Crippen LogP contribution < -0.4 is 19.5 Å². The minimum absolute atomic E-state index is 0.101. The fourth-order valence-corrected chi connectivity index (χ4v) is 2.07. The van der Waals surface area contributed by atoms with Crippen molar-refractivity contribution in [3.05, 3.63) is 47.2 Å². The molecule has 0 fully saturated rings. The molecule has 2 rings (SSSR count). The normalized spacial score (nSPS) is 10.1. The Bertz CT molecular complexity index is 708. The van der Waals surface area contributed by atoms with Gasteiger partial charge in [-0.1, -0.05) is 11.6 Å². The van der Waals surface area contributed by atoms with Crippen molar-refractivity contribution >= 4 is 23.2 Å². The van der Waals surface area contributed by atoms with Gasteiger partial charge in [0.05, 0.1) is 19.2 Å². The summed E-state index contributed by atoms with van der Waals surface area (Å²) in [5, 5.41) is 2.75. The fourth-order valence-electron chi connectivity index (χ4n) is 1.85. The summed E-state index contributed by atoms with van der Waals surface area (Å²) in [6.07, 6.45) is 0. The molecule has 0 saturated heterocycles. The number of amides is 1. The topological polar surface area (TPSA) is 56.8 Å². The molecule has 7 heteroatoms. The number of nitrogens with one attached hydrogen (secondary N) is 1. The first kappa shape index (κ1) is 16.9. The molecule has 0 spiro atoms. The molecule has 2 aromatic carbocycles. The van der Waals surface area contributed by atoms with Crippen molar-refractivity contribution in [2.24, 2.45) is 0 Å². The Morgan fingerprint density at radius 1 is 1.09 bits per heavy atom. The molecule has 0 atom stereocenters. The van der Waals surface area contributed by atoms with E-state index in [1.54, 1.807) is 18.2 Å². The van der Waals surface area contributed by atoms with Gasteiger partial charge in [-0.15, -0.1) is 0 Å². The maximum Gasteiger partial charge on any atom is 0.262 e. The highest BCUT2D eigenvalue weighted by Crippen LogP contribution is 2.29. The minimum Gasteiger partial charge on any atom is -0.493 e.